The molecule has 17 rings (SSSR count). The highest BCUT2D eigenvalue weighted by Gasteiger charge is 2.53. The van der Waals surface area contributed by atoms with Gasteiger partial charge in [0.1, 0.15) is 108 Å². The molecular weight excluding hydrogens is 1660 g/mol. The van der Waals surface area contributed by atoms with Crippen LogP contribution in [0.3, 0.4) is 0 Å². The molecule has 0 aromatic heterocycles. The average molecular weight is 1760 g/mol. The van der Waals surface area contributed by atoms with Crippen LogP contribution in [0, 0.1) is 29.6 Å². The number of amides is 10. The first-order valence-electron chi connectivity index (χ1n) is 40.8. The molecule has 124 heavy (non-hydrogen) atoms. The molecule has 10 amide bonds. The van der Waals surface area contributed by atoms with Crippen molar-refractivity contribution in [2.75, 3.05) is 32.1 Å². The third kappa shape index (κ3) is 19.2. The summed E-state index contributed by atoms with van der Waals surface area (Å²) in [5.74, 6) is -13.5. The number of phenols is 3. The number of phenolic OH excluding ortho intramolecular Hbond substituents is 3. The van der Waals surface area contributed by atoms with Gasteiger partial charge in [0.05, 0.1) is 41.3 Å². The number of fused-ring (bicyclic) bond motifs is 15. The number of halogens is 2. The van der Waals surface area contributed by atoms with Crippen molar-refractivity contribution in [1.29, 1.82) is 0 Å². The van der Waals surface area contributed by atoms with Crippen molar-refractivity contribution in [2.45, 2.75) is 194 Å². The minimum absolute atomic E-state index is 0.0515. The molecule has 0 spiro atoms. The lowest BCUT2D eigenvalue weighted by Gasteiger charge is -2.54. The third-order valence-corrected chi connectivity index (χ3v) is 24.6. The molecule has 4 unspecified atom stereocenters. The smallest absolute Gasteiger partial charge is 0.325 e. The fourth-order valence-corrected chi connectivity index (χ4v) is 18.5. The minimum Gasteiger partial charge on any atom is -0.508 e. The molecule has 664 valence electrons. The molecule has 7 heterocycles. The fourth-order valence-electron chi connectivity index (χ4n) is 18.0. The van der Waals surface area contributed by atoms with Gasteiger partial charge in [-0.25, -0.2) is 4.79 Å². The topological polar surface area (TPSA) is 573 Å². The highest BCUT2D eigenvalue weighted by Crippen LogP contribution is 2.55. The molecule has 11 aliphatic rings. The molecule has 18 atom stereocenters. The van der Waals surface area contributed by atoms with Gasteiger partial charge in [0.25, 0.3) is 0 Å². The van der Waals surface area contributed by atoms with Crippen molar-refractivity contribution >= 4 is 82.2 Å². The van der Waals surface area contributed by atoms with E-state index in [1.54, 1.807) is 0 Å². The van der Waals surface area contributed by atoms with Crippen molar-refractivity contribution in [3.05, 3.63) is 141 Å². The standard InChI is InChI=1S/C85H100Cl2N12O25/c1-34(2)18-51(90-5)76(110)98-67-69(105)39-7-14-55(49(86)25-39)120-57-27-43-28-58(73(57)124-83-74(72(108)71(107)59(33-100)122-83)123-61-32-85(4,89)75(109)35(3)119-61)121-56-15-8-40(26-50(56)87)70(106)68-82(116)97-66(80(114)94-63-41-20-36-19-37(22-41)23-42(63)21-36)48-29-45(101)30-54(103)62(48)47-24-38(6-13-53(47)102)64(78(112)99-68)96-79(113)65(43)95-77(111)52(92-81(67)115)31-60(104)93-84(117)91-44-9-11-46(12-10-44)118-17-16-88/h6-15,24-30,34-37,41-42,51-52,59,61,63-72,74-75,83,90,100-103,105-109H,16-23,31-33,88-89H2,1-5H3,(H,92,115)(H,94,114)(H,95,111)(H,96,113)(H,97,116)(H,98,110)(H,99,112)(H2,91,93,104,117)/t35-,36?,37?,41?,42?,51+,52?,59+,61?,63?,64+,65?,66+,67?,68-,69+,70+,71+,72-,74+,75+,83+,85-/m0/s1. The Morgan fingerprint density at radius 2 is 1.29 bits per heavy atom. The van der Waals surface area contributed by atoms with Crippen molar-refractivity contribution in [2.24, 2.45) is 41.1 Å². The average Bonchev–Trinajstić information content (AvgIpc) is 0.754. The van der Waals surface area contributed by atoms with Gasteiger partial charge in [-0.05, 0) is 196 Å². The molecule has 4 saturated carbocycles. The van der Waals surface area contributed by atoms with Crippen molar-refractivity contribution < 1.29 is 122 Å². The summed E-state index contributed by atoms with van der Waals surface area (Å²) < 4.78 is 44.6. The van der Waals surface area contributed by atoms with E-state index in [0.29, 0.717) is 17.6 Å². The Morgan fingerprint density at radius 1 is 0.669 bits per heavy atom. The third-order valence-electron chi connectivity index (χ3n) is 24.1. The summed E-state index contributed by atoms with van der Waals surface area (Å²) in [6.45, 7) is 6.00. The van der Waals surface area contributed by atoms with Gasteiger partial charge in [-0.1, -0.05) is 55.2 Å². The minimum atomic E-state index is -2.43. The normalized spacial score (nSPS) is 30.5. The highest BCUT2D eigenvalue weighted by atomic mass is 35.5. The van der Waals surface area contributed by atoms with E-state index in [4.69, 9.17) is 67.8 Å². The van der Waals surface area contributed by atoms with Crippen LogP contribution in [0.15, 0.2) is 103 Å². The van der Waals surface area contributed by atoms with Crippen molar-refractivity contribution in [3.8, 4) is 62.9 Å². The molecule has 37 nitrogen and oxygen atoms in total. The maximum Gasteiger partial charge on any atom is 0.325 e. The number of benzene rings is 6. The number of anilines is 1. The zero-order chi connectivity index (χ0) is 88.8. The number of hydrogen-bond donors (Lipinski definition) is 21. The number of carbonyl (C=O) groups excluding carboxylic acids is 9. The van der Waals surface area contributed by atoms with E-state index in [0.717, 1.165) is 86.7 Å². The summed E-state index contributed by atoms with van der Waals surface area (Å²) >= 11 is 14.5. The number of urea groups is 1. The Balaban J connectivity index is 0.959. The first-order chi connectivity index (χ1) is 59.0. The fraction of sp³-hybridized carbons (Fsp3) is 0.471. The molecule has 15 bridgehead atoms. The molecule has 6 aromatic rings. The summed E-state index contributed by atoms with van der Waals surface area (Å²) in [7, 11) is 1.47. The van der Waals surface area contributed by atoms with E-state index < -0.39 is 227 Å². The maximum absolute atomic E-state index is 16.6. The number of ether oxygens (including phenoxy) is 7. The molecule has 4 aliphatic carbocycles. The lowest BCUT2D eigenvalue weighted by atomic mass is 9.54. The van der Waals surface area contributed by atoms with Crippen LogP contribution in [0.4, 0.5) is 10.5 Å². The summed E-state index contributed by atoms with van der Waals surface area (Å²) in [5.41, 5.74) is 8.58. The first-order valence-corrected chi connectivity index (χ1v) is 41.6. The lowest BCUT2D eigenvalue weighted by Crippen LogP contribution is -2.64. The van der Waals surface area contributed by atoms with Gasteiger partial charge in [-0.3, -0.25) is 43.7 Å². The largest absolute Gasteiger partial charge is 0.508 e. The van der Waals surface area contributed by atoms with Crippen LogP contribution in [-0.2, 0) is 52.6 Å². The predicted octanol–water partition coefficient (Wildman–Crippen LogP) is 3.16. The van der Waals surface area contributed by atoms with Crippen LogP contribution >= 0.6 is 23.2 Å². The van der Waals surface area contributed by atoms with E-state index in [-0.39, 0.29) is 99.3 Å². The van der Waals surface area contributed by atoms with E-state index in [2.05, 4.69) is 53.2 Å². The second-order valence-corrected chi connectivity index (χ2v) is 34.4. The summed E-state index contributed by atoms with van der Waals surface area (Å²) in [4.78, 5) is 138. The molecule has 2 saturated heterocycles. The van der Waals surface area contributed by atoms with Gasteiger partial charge in [-0.2, -0.15) is 0 Å². The van der Waals surface area contributed by atoms with Crippen LogP contribution < -0.4 is 83.6 Å². The number of aliphatic hydroxyl groups excluding tert-OH is 6. The predicted molar refractivity (Wildman–Crippen MR) is 440 cm³/mol. The maximum atomic E-state index is 16.6. The van der Waals surface area contributed by atoms with Crippen LogP contribution in [0.5, 0.6) is 51.7 Å². The van der Waals surface area contributed by atoms with E-state index in [1.165, 1.54) is 69.4 Å². The van der Waals surface area contributed by atoms with Crippen LogP contribution in [-0.4, -0.2) is 211 Å². The number of rotatable bonds is 18. The molecule has 6 fully saturated rings. The second-order valence-electron chi connectivity index (χ2n) is 33.5. The van der Waals surface area contributed by atoms with Gasteiger partial charge >= 0.3 is 6.03 Å². The molecule has 23 N–H and O–H groups in total. The molecular formula is C85H100Cl2N12O25. The summed E-state index contributed by atoms with van der Waals surface area (Å²) in [6, 6.07) is 4.34. The van der Waals surface area contributed by atoms with Gasteiger partial charge in [0, 0.05) is 47.4 Å². The van der Waals surface area contributed by atoms with Crippen molar-refractivity contribution in [1.82, 2.24) is 47.9 Å². The molecule has 7 aliphatic heterocycles. The van der Waals surface area contributed by atoms with E-state index in [1.807, 2.05) is 13.8 Å². The quantitative estimate of drug-likeness (QED) is 0.0587. The first kappa shape index (κ1) is 89.5. The van der Waals surface area contributed by atoms with Crippen LogP contribution in [0.25, 0.3) is 11.1 Å². The number of likely N-dealkylation sites (N-methyl/N-ethyl adjacent to an activating group) is 1. The van der Waals surface area contributed by atoms with E-state index in [9.17, 15) is 60.3 Å². The summed E-state index contributed by atoms with van der Waals surface area (Å²) in [6.07, 6.45) is -14.7. The number of nitrogens with one attached hydrogen (secondary N) is 10. The number of carbonyl (C=O) groups is 9. The van der Waals surface area contributed by atoms with Gasteiger partial charge in [0.15, 0.2) is 23.9 Å². The van der Waals surface area contributed by atoms with Crippen molar-refractivity contribution in [3.63, 3.8) is 0 Å². The van der Waals surface area contributed by atoms with E-state index >= 15 is 28.8 Å². The monoisotopic (exact) mass is 1760 g/mol. The Labute approximate surface area is 720 Å². The summed E-state index contributed by atoms with van der Waals surface area (Å²) in [5, 5.41) is 132. The zero-order valence-corrected chi connectivity index (χ0v) is 69.4. The molecule has 39 heteroatoms. The zero-order valence-electron chi connectivity index (χ0n) is 67.8. The number of imide groups is 1. The number of hydrogen-bond acceptors (Lipinski definition) is 28. The Hall–Kier alpha value is -10.8. The van der Waals surface area contributed by atoms with Gasteiger partial charge < -0.3 is 138 Å². The van der Waals surface area contributed by atoms with Gasteiger partial charge in [-0.15, -0.1) is 0 Å². The number of aromatic hydroxyl groups is 3. The highest BCUT2D eigenvalue weighted by molar-refractivity contribution is 6.32. The Bertz CT molecular complexity index is 5060. The molecule has 6 aromatic carbocycles. The molecule has 0 radical (unpaired) electrons. The Morgan fingerprint density at radius 3 is 1.90 bits per heavy atom. The Kier molecular flexibility index (Phi) is 26.9. The van der Waals surface area contributed by atoms with Gasteiger partial charge in [0.2, 0.25) is 59.3 Å². The number of nitrogens with two attached hydrogens (primary N) is 2. The van der Waals surface area contributed by atoms with Crippen LogP contribution in [0.1, 0.15) is 137 Å². The SMILES string of the molecule is CN[C@H](CC(C)C)C(=O)NC1C(=O)NC(CC(=O)NC(=O)Nc2ccc(OCCN)cc2)C(=O)NC2C(=O)N[C@H]3C(=O)N[C@H](C(=O)N[C@@H](C(=O)NC4C5CC6CC(C5)CC4C6)c4cc(O)cc(O)c4-c4cc3ccc4O)[C@H](O)c3ccc(c(Cl)c3)Oc3cc2cc(c3O[C@H]2O[C@H](CO)[C@@H](O)[C@H](O)[C@H]2OC2C[C@](C)(N)[C@H](O)[C@H](C)O2)Oc2ccc(cc2Cl)[C@H]1O. The number of aliphatic hydroxyl groups is 6. The second kappa shape index (κ2) is 37.2. The van der Waals surface area contributed by atoms with Crippen LogP contribution in [0.2, 0.25) is 10.0 Å². The lowest BCUT2D eigenvalue weighted by molar-refractivity contribution is -0.333.